The number of nitrogens with one attached hydrogen (secondary N) is 1. The molecule has 1 unspecified atom stereocenters. The van der Waals surface area contributed by atoms with Crippen LogP contribution in [-0.2, 0) is 0 Å². The molecule has 0 aromatic heterocycles. The Labute approximate surface area is 73.3 Å². The molecule has 2 fully saturated rings. The quantitative estimate of drug-likeness (QED) is 0.645. The van der Waals surface area contributed by atoms with Crippen molar-refractivity contribution in [2.75, 3.05) is 24.6 Å². The van der Waals surface area contributed by atoms with E-state index in [-0.39, 0.29) is 0 Å². The zero-order valence-electron chi connectivity index (χ0n) is 7.01. The summed E-state index contributed by atoms with van der Waals surface area (Å²) in [5, 5.41) is 3.46. The minimum absolute atomic E-state index is 1.02. The SMILES string of the molecule is C1CC(C2CCSCC2)CN1. The van der Waals surface area contributed by atoms with Crippen LogP contribution in [0.1, 0.15) is 19.3 Å². The second kappa shape index (κ2) is 3.81. The van der Waals surface area contributed by atoms with Crippen molar-refractivity contribution < 1.29 is 0 Å². The van der Waals surface area contributed by atoms with Crippen molar-refractivity contribution in [1.82, 2.24) is 5.32 Å². The normalized spacial score (nSPS) is 34.4. The highest BCUT2D eigenvalue weighted by atomic mass is 32.2. The molecule has 1 nitrogen and oxygen atoms in total. The van der Waals surface area contributed by atoms with Crippen molar-refractivity contribution in [3.05, 3.63) is 0 Å². The standard InChI is InChI=1S/C9H17NS/c1-4-10-7-9(1)8-2-5-11-6-3-8/h8-10H,1-7H2. The topological polar surface area (TPSA) is 12.0 Å². The summed E-state index contributed by atoms with van der Waals surface area (Å²) in [7, 11) is 0. The van der Waals surface area contributed by atoms with Crippen molar-refractivity contribution >= 4 is 11.8 Å². The fraction of sp³-hybridized carbons (Fsp3) is 1.00. The van der Waals surface area contributed by atoms with Crippen molar-refractivity contribution in [1.29, 1.82) is 0 Å². The van der Waals surface area contributed by atoms with Gasteiger partial charge in [0, 0.05) is 0 Å². The molecule has 2 aliphatic rings. The molecule has 2 aliphatic heterocycles. The van der Waals surface area contributed by atoms with Crippen LogP contribution in [0.3, 0.4) is 0 Å². The van der Waals surface area contributed by atoms with Crippen LogP contribution in [-0.4, -0.2) is 24.6 Å². The molecule has 2 heterocycles. The minimum Gasteiger partial charge on any atom is -0.316 e. The average molecular weight is 171 g/mol. The molecule has 0 aromatic carbocycles. The summed E-state index contributed by atoms with van der Waals surface area (Å²) in [5.41, 5.74) is 0. The van der Waals surface area contributed by atoms with Gasteiger partial charge in [-0.2, -0.15) is 11.8 Å². The third-order valence-corrected chi connectivity index (χ3v) is 4.08. The third kappa shape index (κ3) is 1.91. The molecule has 0 saturated carbocycles. The zero-order chi connectivity index (χ0) is 7.52. The van der Waals surface area contributed by atoms with Gasteiger partial charge in [0.2, 0.25) is 0 Å². The second-order valence-corrected chi connectivity index (χ2v) is 4.93. The molecule has 0 radical (unpaired) electrons. The number of hydrogen-bond donors (Lipinski definition) is 1. The van der Waals surface area contributed by atoms with E-state index in [2.05, 4.69) is 17.1 Å². The van der Waals surface area contributed by atoms with Crippen molar-refractivity contribution in [3.8, 4) is 0 Å². The van der Waals surface area contributed by atoms with E-state index in [0.717, 1.165) is 11.8 Å². The van der Waals surface area contributed by atoms with E-state index in [0.29, 0.717) is 0 Å². The van der Waals surface area contributed by atoms with Gasteiger partial charge in [-0.15, -0.1) is 0 Å². The zero-order valence-corrected chi connectivity index (χ0v) is 7.83. The summed E-state index contributed by atoms with van der Waals surface area (Å²) in [5.74, 6) is 4.92. The minimum atomic E-state index is 1.02. The van der Waals surface area contributed by atoms with Gasteiger partial charge in [0.25, 0.3) is 0 Å². The predicted octanol–water partition coefficient (Wildman–Crippen LogP) is 1.74. The Morgan fingerprint density at radius 3 is 2.45 bits per heavy atom. The molecule has 0 aromatic rings. The van der Waals surface area contributed by atoms with E-state index < -0.39 is 0 Å². The van der Waals surface area contributed by atoms with Gasteiger partial charge in [-0.1, -0.05) is 0 Å². The van der Waals surface area contributed by atoms with Crippen LogP contribution in [0.25, 0.3) is 0 Å². The van der Waals surface area contributed by atoms with Crippen molar-refractivity contribution in [3.63, 3.8) is 0 Å². The molecule has 2 heteroatoms. The summed E-state index contributed by atoms with van der Waals surface area (Å²) in [6.07, 6.45) is 4.41. The third-order valence-electron chi connectivity index (χ3n) is 3.03. The molecular formula is C9H17NS. The lowest BCUT2D eigenvalue weighted by Crippen LogP contribution is -2.21. The van der Waals surface area contributed by atoms with Crippen LogP contribution in [0.5, 0.6) is 0 Å². The van der Waals surface area contributed by atoms with Crippen molar-refractivity contribution in [2.45, 2.75) is 19.3 Å². The molecule has 64 valence electrons. The molecule has 2 saturated heterocycles. The molecule has 0 aliphatic carbocycles. The smallest absolute Gasteiger partial charge is 0.00174 e. The fourth-order valence-electron chi connectivity index (χ4n) is 2.27. The van der Waals surface area contributed by atoms with E-state index in [9.17, 15) is 0 Å². The lowest BCUT2D eigenvalue weighted by Gasteiger charge is -2.26. The number of hydrogen-bond acceptors (Lipinski definition) is 2. The van der Waals surface area contributed by atoms with Crippen molar-refractivity contribution in [2.24, 2.45) is 11.8 Å². The lowest BCUT2D eigenvalue weighted by molar-refractivity contribution is 0.335. The van der Waals surface area contributed by atoms with Gasteiger partial charge in [-0.05, 0) is 55.7 Å². The number of thioether (sulfide) groups is 1. The summed E-state index contributed by atoms with van der Waals surface area (Å²) in [6, 6.07) is 0. The molecule has 0 spiro atoms. The van der Waals surface area contributed by atoms with Crippen LogP contribution in [0.15, 0.2) is 0 Å². The second-order valence-electron chi connectivity index (χ2n) is 3.70. The van der Waals surface area contributed by atoms with E-state index >= 15 is 0 Å². The van der Waals surface area contributed by atoms with Gasteiger partial charge in [-0.3, -0.25) is 0 Å². The maximum absolute atomic E-state index is 3.46. The Morgan fingerprint density at radius 2 is 1.82 bits per heavy atom. The Kier molecular flexibility index (Phi) is 2.75. The Balaban J connectivity index is 1.82. The van der Waals surface area contributed by atoms with Crippen LogP contribution in [0, 0.1) is 11.8 Å². The molecule has 2 rings (SSSR count). The van der Waals surface area contributed by atoms with E-state index in [1.165, 1.54) is 43.9 Å². The molecular weight excluding hydrogens is 154 g/mol. The van der Waals surface area contributed by atoms with Gasteiger partial charge in [0.05, 0.1) is 0 Å². The monoisotopic (exact) mass is 171 g/mol. The van der Waals surface area contributed by atoms with E-state index in [1.807, 2.05) is 0 Å². The molecule has 1 atom stereocenters. The van der Waals surface area contributed by atoms with Gasteiger partial charge in [0.15, 0.2) is 0 Å². The van der Waals surface area contributed by atoms with Crippen LogP contribution >= 0.6 is 11.8 Å². The predicted molar refractivity (Wildman–Crippen MR) is 51.0 cm³/mol. The maximum Gasteiger partial charge on any atom is -0.00174 e. The highest BCUT2D eigenvalue weighted by Gasteiger charge is 2.25. The lowest BCUT2D eigenvalue weighted by atomic mass is 9.87. The largest absolute Gasteiger partial charge is 0.316 e. The average Bonchev–Trinajstić information content (AvgIpc) is 2.58. The van der Waals surface area contributed by atoms with Gasteiger partial charge >= 0.3 is 0 Å². The first-order valence-corrected chi connectivity index (χ1v) is 5.91. The Hall–Kier alpha value is 0.310. The van der Waals surface area contributed by atoms with Gasteiger partial charge < -0.3 is 5.32 Å². The highest BCUT2D eigenvalue weighted by Crippen LogP contribution is 2.31. The molecule has 11 heavy (non-hydrogen) atoms. The Morgan fingerprint density at radius 1 is 1.00 bits per heavy atom. The fourth-order valence-corrected chi connectivity index (χ4v) is 3.41. The van der Waals surface area contributed by atoms with E-state index in [1.54, 1.807) is 0 Å². The highest BCUT2D eigenvalue weighted by molar-refractivity contribution is 7.99. The van der Waals surface area contributed by atoms with Gasteiger partial charge in [0.1, 0.15) is 0 Å². The first kappa shape index (κ1) is 7.93. The molecule has 0 bridgehead atoms. The summed E-state index contributed by atoms with van der Waals surface area (Å²) >= 11 is 2.14. The summed E-state index contributed by atoms with van der Waals surface area (Å²) in [4.78, 5) is 0. The van der Waals surface area contributed by atoms with Crippen LogP contribution in [0.4, 0.5) is 0 Å². The first-order chi connectivity index (χ1) is 5.47. The van der Waals surface area contributed by atoms with Gasteiger partial charge in [-0.25, -0.2) is 0 Å². The summed E-state index contributed by atoms with van der Waals surface area (Å²) < 4.78 is 0. The molecule has 1 N–H and O–H groups in total. The Bertz CT molecular complexity index is 115. The number of rotatable bonds is 1. The molecule has 0 amide bonds. The van der Waals surface area contributed by atoms with Crippen LogP contribution in [0.2, 0.25) is 0 Å². The maximum atomic E-state index is 3.46. The summed E-state index contributed by atoms with van der Waals surface area (Å²) in [6.45, 7) is 2.57. The first-order valence-electron chi connectivity index (χ1n) is 4.75. The van der Waals surface area contributed by atoms with E-state index in [4.69, 9.17) is 0 Å². The van der Waals surface area contributed by atoms with Crippen LogP contribution < -0.4 is 5.32 Å².